The van der Waals surface area contributed by atoms with Crippen LogP contribution in [-0.2, 0) is 39.0 Å². The number of aliphatic hydroxyl groups is 8. The van der Waals surface area contributed by atoms with Gasteiger partial charge in [0.05, 0.1) is 23.7 Å². The maximum atomic E-state index is 14.7. The van der Waals surface area contributed by atoms with Crippen LogP contribution in [-0.4, -0.2) is 186 Å². The molecule has 2 saturated heterocycles. The molecule has 0 aliphatic carbocycles. The summed E-state index contributed by atoms with van der Waals surface area (Å²) in [6.45, 7) is -2.72. The van der Waals surface area contributed by atoms with E-state index in [0.717, 1.165) is 18.2 Å². The number of aliphatic hydroxyl groups excluding tert-OH is 8. The molecule has 0 radical (unpaired) electrons. The van der Waals surface area contributed by atoms with Crippen molar-refractivity contribution in [2.24, 2.45) is 5.73 Å². The molecule has 4 aromatic rings. The molecule has 4 heterocycles. The highest BCUT2D eigenvalue weighted by Crippen LogP contribution is 2.60. The van der Waals surface area contributed by atoms with Crippen molar-refractivity contribution < 1.29 is 126 Å². The van der Waals surface area contributed by atoms with E-state index < -0.39 is 182 Å². The van der Waals surface area contributed by atoms with Crippen molar-refractivity contribution in [3.63, 3.8) is 0 Å². The second-order valence-corrected chi connectivity index (χ2v) is 19.3. The first-order valence-corrected chi connectivity index (χ1v) is 24.8. The van der Waals surface area contributed by atoms with E-state index in [-0.39, 0.29) is 61.9 Å². The minimum absolute atomic E-state index is 0.0503. The van der Waals surface area contributed by atoms with Crippen LogP contribution in [0, 0.1) is 23.3 Å². The van der Waals surface area contributed by atoms with Crippen LogP contribution in [0.15, 0.2) is 59.5 Å². The van der Waals surface area contributed by atoms with E-state index in [1.54, 1.807) is 0 Å². The van der Waals surface area contributed by atoms with Gasteiger partial charge in [0, 0.05) is 46.7 Å². The zero-order chi connectivity index (χ0) is 58.2. The molecular formula is C49H48F4N4O22S. The third-order valence-electron chi connectivity index (χ3n) is 13.1. The van der Waals surface area contributed by atoms with Crippen LogP contribution in [0.2, 0.25) is 0 Å². The molecule has 1 spiro atoms. The number of hydrogen-bond donors (Lipinski definition) is 14. The summed E-state index contributed by atoms with van der Waals surface area (Å²) in [7, 11) is 0. The summed E-state index contributed by atoms with van der Waals surface area (Å²) in [4.78, 5) is 77.1. The molecule has 8 rings (SSSR count). The first-order valence-electron chi connectivity index (χ1n) is 23.8. The van der Waals surface area contributed by atoms with E-state index in [4.69, 9.17) is 34.2 Å². The Hall–Kier alpha value is -7.27. The number of aliphatic carboxylic acids is 2. The number of nitrogens with one attached hydrogen (secondary N) is 3. The lowest BCUT2D eigenvalue weighted by Crippen LogP contribution is -2.60. The van der Waals surface area contributed by atoms with E-state index in [1.165, 1.54) is 30.3 Å². The third-order valence-corrected chi connectivity index (χ3v) is 14.3. The first kappa shape index (κ1) is 58.9. The number of ether oxygens (including phenoxy) is 6. The Morgan fingerprint density at radius 2 is 1.35 bits per heavy atom. The molecule has 26 nitrogen and oxygen atoms in total. The fraction of sp³-hybridized carbons (Fsp3) is 0.388. The monoisotopic (exact) mass is 1150 g/mol. The number of anilines is 1. The van der Waals surface area contributed by atoms with E-state index in [1.807, 2.05) is 0 Å². The van der Waals surface area contributed by atoms with Gasteiger partial charge in [0.25, 0.3) is 5.91 Å². The molecule has 3 unspecified atom stereocenters. The van der Waals surface area contributed by atoms with Crippen LogP contribution in [0.1, 0.15) is 50.2 Å². The normalized spacial score (nSPS) is 26.3. The van der Waals surface area contributed by atoms with Crippen LogP contribution in [0.4, 0.5) is 23.2 Å². The summed E-state index contributed by atoms with van der Waals surface area (Å²) in [6, 6.07) is 6.08. The number of carboxylic acid groups (broad SMARTS) is 2. The highest BCUT2D eigenvalue weighted by atomic mass is 32.2. The number of carbonyl (C=O) groups excluding carboxylic acids is 4. The number of carboxylic acids is 2. The SMILES string of the molecule is NC(CCC(=O)NC(CSc1c(O[C@@H]2O[C@H](CO)[C@@H](O)[C@H](O)[C@H]2O)ccc2c1Oc1cc(O[C@@H]3O[C@H](CO)[C@@H](O)[C@H](O)[C@H]3O)ccc1C21OC(=O)c2cc(NC(=O)c3c(F)c(F)cc(F)c3F)ccc21)C(=O)NCC(=O)O)C(=O)O. The minimum atomic E-state index is -2.23. The van der Waals surface area contributed by atoms with Gasteiger partial charge in [0.2, 0.25) is 24.4 Å². The van der Waals surface area contributed by atoms with E-state index in [0.29, 0.717) is 11.8 Å². The van der Waals surface area contributed by atoms with Crippen molar-refractivity contribution >= 4 is 53.1 Å². The Labute approximate surface area is 450 Å². The smallest absolute Gasteiger partial charge is 0.340 e. The Morgan fingerprint density at radius 3 is 1.95 bits per heavy atom. The van der Waals surface area contributed by atoms with E-state index in [9.17, 15) is 97.4 Å². The van der Waals surface area contributed by atoms with Gasteiger partial charge in [0.15, 0.2) is 34.6 Å². The number of benzene rings is 4. The number of esters is 1. The Morgan fingerprint density at radius 1 is 0.750 bits per heavy atom. The number of rotatable bonds is 19. The van der Waals surface area contributed by atoms with Crippen LogP contribution < -0.4 is 35.9 Å². The topological polar surface area (TPSA) is 422 Å². The molecule has 4 aliphatic heterocycles. The van der Waals surface area contributed by atoms with Gasteiger partial charge in [-0.05, 0) is 42.8 Å². The number of hydrogen-bond acceptors (Lipinski definition) is 22. The van der Waals surface area contributed by atoms with Gasteiger partial charge in [-0.3, -0.25) is 24.0 Å². The largest absolute Gasteiger partial charge is 0.480 e. The predicted molar refractivity (Wildman–Crippen MR) is 256 cm³/mol. The van der Waals surface area contributed by atoms with Crippen molar-refractivity contribution in [3.05, 3.63) is 106 Å². The maximum absolute atomic E-state index is 14.7. The van der Waals surface area contributed by atoms with Gasteiger partial charge in [-0.2, -0.15) is 0 Å². The standard InChI is InChI=1S/C49H48F4N4O22S/c50-22-11-23(51)34(53)32(33(22)52)44(70)56-16-1-3-19-18(9-16)46(73)79-49(19)20-4-2-17(74-47-39(67)37(65)35(63)28(13-58)77-47)10-27(20)75-41-21(49)5-7-26(76-48-40(68)38(66)36(64)29(14-59)78-48)42(41)80-15-25(43(69)55-12-31(61)62)57-30(60)8-6-24(54)45(71)72/h1-5,7,9-11,24-25,28-29,35-40,47-48,58-59,63-68H,6,8,12-15,54H2,(H,55,69)(H,56,70)(H,57,60)(H,61,62)(H,71,72)/t24?,25?,28-,29-,35-,36-,37+,38+,39-,40-,47-,48-,49?/m1/s1. The van der Waals surface area contributed by atoms with E-state index >= 15 is 0 Å². The van der Waals surface area contributed by atoms with Crippen molar-refractivity contribution in [3.8, 4) is 23.0 Å². The number of fused-ring (bicyclic) bond motifs is 6. The number of carbonyl (C=O) groups is 6. The zero-order valence-corrected chi connectivity index (χ0v) is 41.6. The summed E-state index contributed by atoms with van der Waals surface area (Å²) in [5.74, 6) is -17.7. The highest BCUT2D eigenvalue weighted by Gasteiger charge is 2.55. The highest BCUT2D eigenvalue weighted by molar-refractivity contribution is 7.99. The fourth-order valence-electron chi connectivity index (χ4n) is 8.97. The summed E-state index contributed by atoms with van der Waals surface area (Å²) in [6.07, 6.45) is -19.3. The summed E-state index contributed by atoms with van der Waals surface area (Å²) < 4.78 is 93.7. The van der Waals surface area contributed by atoms with E-state index in [2.05, 4.69) is 16.0 Å². The summed E-state index contributed by atoms with van der Waals surface area (Å²) >= 11 is 0.595. The Kier molecular flexibility index (Phi) is 17.5. The first-order chi connectivity index (χ1) is 37.9. The van der Waals surface area contributed by atoms with Crippen molar-refractivity contribution in [2.45, 2.75) is 96.8 Å². The molecule has 430 valence electrons. The quantitative estimate of drug-likeness (QED) is 0.0217. The Bertz CT molecular complexity index is 3080. The van der Waals surface area contributed by atoms with Crippen molar-refractivity contribution in [2.75, 3.05) is 30.8 Å². The lowest BCUT2D eigenvalue weighted by molar-refractivity contribution is -0.277. The molecule has 13 atom stereocenters. The second-order valence-electron chi connectivity index (χ2n) is 18.3. The predicted octanol–water partition coefficient (Wildman–Crippen LogP) is -1.61. The number of halogens is 4. The molecule has 0 saturated carbocycles. The second kappa shape index (κ2) is 23.8. The molecule has 80 heavy (non-hydrogen) atoms. The molecule has 4 aliphatic rings. The zero-order valence-electron chi connectivity index (χ0n) is 40.7. The molecule has 31 heteroatoms. The fourth-order valence-corrected chi connectivity index (χ4v) is 10.1. The molecule has 15 N–H and O–H groups in total. The van der Waals surface area contributed by atoms with Gasteiger partial charge >= 0.3 is 17.9 Å². The van der Waals surface area contributed by atoms with Crippen LogP contribution in [0.25, 0.3) is 0 Å². The van der Waals surface area contributed by atoms with Crippen LogP contribution >= 0.6 is 11.8 Å². The molecule has 4 aromatic carbocycles. The van der Waals surface area contributed by atoms with Gasteiger partial charge in [0.1, 0.15) is 90.3 Å². The third kappa shape index (κ3) is 11.4. The maximum Gasteiger partial charge on any atom is 0.340 e. The van der Waals surface area contributed by atoms with Crippen molar-refractivity contribution in [1.82, 2.24) is 10.6 Å². The van der Waals surface area contributed by atoms with Gasteiger partial charge in [-0.25, -0.2) is 22.4 Å². The number of thioether (sulfide) groups is 1. The molecule has 0 aromatic heterocycles. The molecule has 3 amide bonds. The molecule has 0 bridgehead atoms. The minimum Gasteiger partial charge on any atom is -0.480 e. The Balaban J connectivity index is 1.28. The van der Waals surface area contributed by atoms with Crippen LogP contribution in [0.5, 0.6) is 23.0 Å². The summed E-state index contributed by atoms with van der Waals surface area (Å²) in [5.41, 5.74) is 0.691. The summed E-state index contributed by atoms with van der Waals surface area (Å²) in [5, 5.41) is 109. The lowest BCUT2D eigenvalue weighted by atomic mass is 9.77. The average Bonchev–Trinajstić information content (AvgIpc) is 3.94. The van der Waals surface area contributed by atoms with Gasteiger partial charge in [-0.1, -0.05) is 6.07 Å². The van der Waals surface area contributed by atoms with Crippen LogP contribution in [0.3, 0.4) is 0 Å². The van der Waals surface area contributed by atoms with Gasteiger partial charge < -0.3 is 101 Å². The molecular weight excluding hydrogens is 1100 g/mol. The average molecular weight is 1150 g/mol. The number of amides is 3. The number of nitrogens with two attached hydrogens (primary N) is 1. The van der Waals surface area contributed by atoms with Gasteiger partial charge in [-0.15, -0.1) is 11.8 Å². The lowest BCUT2D eigenvalue weighted by Gasteiger charge is -2.41. The van der Waals surface area contributed by atoms with Crippen molar-refractivity contribution in [1.29, 1.82) is 0 Å². The molecule has 2 fully saturated rings.